The van der Waals surface area contributed by atoms with E-state index in [4.69, 9.17) is 11.6 Å². The Morgan fingerprint density at radius 2 is 1.92 bits per heavy atom. The fraction of sp³-hybridized carbons (Fsp3) is 0.158. The number of rotatable bonds is 4. The van der Waals surface area contributed by atoms with Crippen LogP contribution < -0.4 is 5.32 Å². The van der Waals surface area contributed by atoms with Gasteiger partial charge >= 0.3 is 0 Å². The molecule has 3 rings (SSSR count). The minimum absolute atomic E-state index is 0.109. The first-order valence-electron chi connectivity index (χ1n) is 7.63. The molecule has 0 saturated heterocycles. The van der Waals surface area contributed by atoms with Crippen LogP contribution in [0.1, 0.15) is 27.9 Å². The van der Waals surface area contributed by atoms with Crippen molar-refractivity contribution in [3.63, 3.8) is 0 Å². The van der Waals surface area contributed by atoms with Gasteiger partial charge in [0.25, 0.3) is 5.91 Å². The lowest BCUT2D eigenvalue weighted by atomic mass is 10.1. The molecule has 1 heterocycles. The molecule has 1 N–H and O–H groups in total. The van der Waals surface area contributed by atoms with Crippen molar-refractivity contribution in [2.24, 2.45) is 0 Å². The van der Waals surface area contributed by atoms with Gasteiger partial charge in [-0.15, -0.1) is 0 Å². The molecule has 0 saturated carbocycles. The van der Waals surface area contributed by atoms with Gasteiger partial charge < -0.3 is 10.2 Å². The average molecular weight is 341 g/mol. The Bertz CT molecular complexity index is 810. The Labute approximate surface area is 145 Å². The van der Waals surface area contributed by atoms with Crippen LogP contribution in [-0.4, -0.2) is 23.3 Å². The van der Waals surface area contributed by atoms with Crippen LogP contribution in [0.4, 0.5) is 5.69 Å². The van der Waals surface area contributed by atoms with Crippen molar-refractivity contribution in [1.29, 1.82) is 0 Å². The van der Waals surface area contributed by atoms with E-state index in [1.165, 1.54) is 0 Å². The van der Waals surface area contributed by atoms with Crippen LogP contribution in [0.15, 0.2) is 49.0 Å². The van der Waals surface area contributed by atoms with E-state index in [1.54, 1.807) is 23.1 Å². The fourth-order valence-electron chi connectivity index (χ4n) is 2.68. The van der Waals surface area contributed by atoms with E-state index >= 15 is 0 Å². The van der Waals surface area contributed by atoms with Crippen LogP contribution in [0.2, 0.25) is 5.02 Å². The van der Waals surface area contributed by atoms with Gasteiger partial charge in [-0.05, 0) is 30.7 Å². The van der Waals surface area contributed by atoms with Gasteiger partial charge in [0.05, 0.1) is 0 Å². The maximum atomic E-state index is 12.4. The summed E-state index contributed by atoms with van der Waals surface area (Å²) < 4.78 is 0. The molecule has 122 valence electrons. The van der Waals surface area contributed by atoms with Gasteiger partial charge in [-0.3, -0.25) is 9.59 Å². The van der Waals surface area contributed by atoms with E-state index in [-0.39, 0.29) is 24.8 Å². The quantitative estimate of drug-likeness (QED) is 0.910. The predicted molar refractivity (Wildman–Crippen MR) is 95.9 cm³/mol. The van der Waals surface area contributed by atoms with Crippen molar-refractivity contribution < 1.29 is 9.59 Å². The third-order valence-electron chi connectivity index (χ3n) is 4.06. The molecule has 2 amide bonds. The van der Waals surface area contributed by atoms with E-state index < -0.39 is 0 Å². The van der Waals surface area contributed by atoms with E-state index in [2.05, 4.69) is 11.9 Å². The number of anilines is 1. The van der Waals surface area contributed by atoms with Crippen molar-refractivity contribution in [2.75, 3.05) is 11.9 Å². The summed E-state index contributed by atoms with van der Waals surface area (Å²) in [5.74, 6) is -0.284. The molecular weight excluding hydrogens is 324 g/mol. The summed E-state index contributed by atoms with van der Waals surface area (Å²) in [5.41, 5.74) is 3.69. The van der Waals surface area contributed by atoms with Crippen molar-refractivity contribution in [3.05, 3.63) is 70.8 Å². The molecule has 1 aliphatic heterocycles. The standard InChI is InChI=1S/C19H17ClN2O2/c1-12-7-8-14(11-17(12)20)21-18(23)9-10-22-13(2)15-5-3-4-6-16(15)19(22)24/h3-8,11H,2,9-10H2,1H3,(H,21,23). The monoisotopic (exact) mass is 340 g/mol. The third-order valence-corrected chi connectivity index (χ3v) is 4.46. The lowest BCUT2D eigenvalue weighted by Crippen LogP contribution is -2.27. The number of carbonyl (C=O) groups excluding carboxylic acids is 2. The summed E-state index contributed by atoms with van der Waals surface area (Å²) in [5, 5.41) is 3.40. The topological polar surface area (TPSA) is 49.4 Å². The molecule has 24 heavy (non-hydrogen) atoms. The molecule has 0 aromatic heterocycles. The summed E-state index contributed by atoms with van der Waals surface area (Å²) in [6.07, 6.45) is 0.185. The van der Waals surface area contributed by atoms with Gasteiger partial charge in [-0.2, -0.15) is 0 Å². The number of fused-ring (bicyclic) bond motifs is 1. The Kier molecular flexibility index (Phi) is 4.40. The molecule has 0 aliphatic carbocycles. The molecule has 5 heteroatoms. The van der Waals surface area contributed by atoms with E-state index in [9.17, 15) is 9.59 Å². The van der Waals surface area contributed by atoms with E-state index in [0.717, 1.165) is 11.1 Å². The minimum Gasteiger partial charge on any atom is -0.326 e. The summed E-state index contributed by atoms with van der Waals surface area (Å²) in [7, 11) is 0. The predicted octanol–water partition coefficient (Wildman–Crippen LogP) is 4.10. The second-order valence-corrected chi connectivity index (χ2v) is 6.12. The first-order valence-corrected chi connectivity index (χ1v) is 8.01. The van der Waals surface area contributed by atoms with Crippen LogP contribution >= 0.6 is 11.6 Å². The van der Waals surface area contributed by atoms with Crippen molar-refractivity contribution in [1.82, 2.24) is 4.90 Å². The third kappa shape index (κ3) is 3.05. The highest BCUT2D eigenvalue weighted by molar-refractivity contribution is 6.31. The van der Waals surface area contributed by atoms with E-state index in [1.807, 2.05) is 31.2 Å². The number of nitrogens with zero attached hydrogens (tertiary/aromatic N) is 1. The number of nitrogens with one attached hydrogen (secondary N) is 1. The molecule has 0 spiro atoms. The zero-order valence-corrected chi connectivity index (χ0v) is 14.1. The highest BCUT2D eigenvalue weighted by Crippen LogP contribution is 2.31. The van der Waals surface area contributed by atoms with Crippen LogP contribution in [0, 0.1) is 6.92 Å². The molecule has 0 radical (unpaired) electrons. The molecule has 2 aromatic rings. The summed E-state index contributed by atoms with van der Waals surface area (Å²) in [4.78, 5) is 26.1. The summed E-state index contributed by atoms with van der Waals surface area (Å²) >= 11 is 6.05. The van der Waals surface area contributed by atoms with Crippen LogP contribution in [0.3, 0.4) is 0 Å². The van der Waals surface area contributed by atoms with Crippen LogP contribution in [0.5, 0.6) is 0 Å². The van der Waals surface area contributed by atoms with Gasteiger partial charge in [-0.25, -0.2) is 0 Å². The average Bonchev–Trinajstić information content (AvgIpc) is 2.81. The molecule has 0 fully saturated rings. The van der Waals surface area contributed by atoms with Gasteiger partial charge in [0.1, 0.15) is 0 Å². The van der Waals surface area contributed by atoms with Crippen LogP contribution in [0.25, 0.3) is 5.70 Å². The number of hydrogen-bond donors (Lipinski definition) is 1. The maximum absolute atomic E-state index is 12.4. The zero-order valence-electron chi connectivity index (χ0n) is 13.3. The van der Waals surface area contributed by atoms with Crippen molar-refractivity contribution in [2.45, 2.75) is 13.3 Å². The number of hydrogen-bond acceptors (Lipinski definition) is 2. The minimum atomic E-state index is -0.175. The summed E-state index contributed by atoms with van der Waals surface area (Å²) in [6, 6.07) is 12.7. The number of halogens is 1. The van der Waals surface area contributed by atoms with E-state index in [0.29, 0.717) is 22.0 Å². The molecule has 0 atom stereocenters. The van der Waals surface area contributed by atoms with Crippen LogP contribution in [-0.2, 0) is 4.79 Å². The number of carbonyl (C=O) groups is 2. The lowest BCUT2D eigenvalue weighted by Gasteiger charge is -2.17. The molecule has 4 nitrogen and oxygen atoms in total. The molecule has 0 bridgehead atoms. The summed E-state index contributed by atoms with van der Waals surface area (Å²) in [6.45, 7) is 6.15. The second kappa shape index (κ2) is 6.49. The highest BCUT2D eigenvalue weighted by Gasteiger charge is 2.30. The fourth-order valence-corrected chi connectivity index (χ4v) is 2.86. The Hall–Kier alpha value is -2.59. The molecule has 1 aliphatic rings. The molecular formula is C19H17ClN2O2. The number of amides is 2. The lowest BCUT2D eigenvalue weighted by molar-refractivity contribution is -0.116. The first-order chi connectivity index (χ1) is 11.5. The van der Waals surface area contributed by atoms with Crippen molar-refractivity contribution in [3.8, 4) is 0 Å². The number of benzene rings is 2. The largest absolute Gasteiger partial charge is 0.326 e. The first kappa shape index (κ1) is 16.3. The Morgan fingerprint density at radius 3 is 2.58 bits per heavy atom. The van der Waals surface area contributed by atoms with Gasteiger partial charge in [0.15, 0.2) is 0 Å². The Balaban J connectivity index is 1.62. The second-order valence-electron chi connectivity index (χ2n) is 5.71. The maximum Gasteiger partial charge on any atom is 0.258 e. The SMILES string of the molecule is C=C1c2ccccc2C(=O)N1CCC(=O)Nc1ccc(C)c(Cl)c1. The van der Waals surface area contributed by atoms with Gasteiger partial charge in [0.2, 0.25) is 5.91 Å². The Morgan fingerprint density at radius 1 is 1.21 bits per heavy atom. The smallest absolute Gasteiger partial charge is 0.258 e. The molecule has 2 aromatic carbocycles. The van der Waals surface area contributed by atoms with Gasteiger partial charge in [-0.1, -0.05) is 42.4 Å². The highest BCUT2D eigenvalue weighted by atomic mass is 35.5. The zero-order chi connectivity index (χ0) is 17.3. The molecule has 0 unspecified atom stereocenters. The van der Waals surface area contributed by atoms with Crippen molar-refractivity contribution >= 4 is 34.8 Å². The normalized spacial score (nSPS) is 13.2. The van der Waals surface area contributed by atoms with Gasteiger partial charge in [0, 0.05) is 40.5 Å². The number of aryl methyl sites for hydroxylation is 1.